The molecule has 0 unspecified atom stereocenters. The molecule has 84 valence electrons. The van der Waals surface area contributed by atoms with Crippen molar-refractivity contribution in [1.29, 1.82) is 0 Å². The Hall–Kier alpha value is -1.72. The number of nitrogens with one attached hydrogen (secondary N) is 1. The Morgan fingerprint density at radius 3 is 2.80 bits per heavy atom. The Morgan fingerprint density at radius 1 is 1.67 bits per heavy atom. The summed E-state index contributed by atoms with van der Waals surface area (Å²) in [7, 11) is 3.00. The van der Waals surface area contributed by atoms with E-state index in [9.17, 15) is 4.79 Å². The number of hydrogen-bond acceptors (Lipinski definition) is 5. The average Bonchev–Trinajstić information content (AvgIpc) is 2.55. The van der Waals surface area contributed by atoms with Crippen LogP contribution in [-0.4, -0.2) is 29.9 Å². The molecular weight excluding hydrogens is 196 g/mol. The van der Waals surface area contributed by atoms with E-state index in [1.165, 1.54) is 7.11 Å². The van der Waals surface area contributed by atoms with E-state index in [0.717, 1.165) is 6.42 Å². The van der Waals surface area contributed by atoms with Gasteiger partial charge in [-0.3, -0.25) is 0 Å². The first-order valence-corrected chi connectivity index (χ1v) is 4.78. The molecule has 6 heteroatoms. The SMILES string of the molecule is CCCn1nc(NC)c(C(=O)OC)c1N. The predicted octanol–water partition coefficient (Wildman–Crippen LogP) is 0.704. The normalized spacial score (nSPS) is 10.1. The van der Waals surface area contributed by atoms with E-state index in [1.807, 2.05) is 6.92 Å². The minimum absolute atomic E-state index is 0.299. The maximum atomic E-state index is 11.4. The molecule has 0 aliphatic heterocycles. The molecule has 0 bridgehead atoms. The topological polar surface area (TPSA) is 82.2 Å². The van der Waals surface area contributed by atoms with Gasteiger partial charge in [-0.25, -0.2) is 9.48 Å². The number of carbonyl (C=O) groups excluding carboxylic acids is 1. The molecule has 1 aromatic heterocycles. The number of esters is 1. The average molecular weight is 212 g/mol. The zero-order chi connectivity index (χ0) is 11.4. The molecule has 0 amide bonds. The van der Waals surface area contributed by atoms with Gasteiger partial charge in [-0.15, -0.1) is 0 Å². The van der Waals surface area contributed by atoms with Gasteiger partial charge in [-0.2, -0.15) is 5.10 Å². The second-order valence-corrected chi connectivity index (χ2v) is 3.07. The van der Waals surface area contributed by atoms with Crippen LogP contribution in [0.2, 0.25) is 0 Å². The van der Waals surface area contributed by atoms with Crippen molar-refractivity contribution in [2.75, 3.05) is 25.2 Å². The second-order valence-electron chi connectivity index (χ2n) is 3.07. The van der Waals surface area contributed by atoms with Crippen LogP contribution in [0.5, 0.6) is 0 Å². The predicted molar refractivity (Wildman–Crippen MR) is 57.8 cm³/mol. The highest BCUT2D eigenvalue weighted by molar-refractivity contribution is 5.99. The van der Waals surface area contributed by atoms with Crippen molar-refractivity contribution >= 4 is 17.6 Å². The number of hydrogen-bond donors (Lipinski definition) is 2. The highest BCUT2D eigenvalue weighted by Crippen LogP contribution is 2.22. The van der Waals surface area contributed by atoms with E-state index >= 15 is 0 Å². The van der Waals surface area contributed by atoms with Gasteiger partial charge in [-0.1, -0.05) is 6.92 Å². The molecule has 0 atom stereocenters. The van der Waals surface area contributed by atoms with E-state index in [4.69, 9.17) is 5.73 Å². The van der Waals surface area contributed by atoms with Crippen LogP contribution in [0.1, 0.15) is 23.7 Å². The van der Waals surface area contributed by atoms with Gasteiger partial charge in [0.15, 0.2) is 5.82 Å². The van der Waals surface area contributed by atoms with E-state index in [-0.39, 0.29) is 0 Å². The summed E-state index contributed by atoms with van der Waals surface area (Å²) < 4.78 is 6.23. The second kappa shape index (κ2) is 4.68. The fraction of sp³-hybridized carbons (Fsp3) is 0.556. The molecule has 0 spiro atoms. The smallest absolute Gasteiger partial charge is 0.345 e. The number of aromatic nitrogens is 2. The molecule has 0 saturated heterocycles. The number of methoxy groups -OCH3 is 1. The Morgan fingerprint density at radius 2 is 2.33 bits per heavy atom. The molecule has 15 heavy (non-hydrogen) atoms. The Bertz CT molecular complexity index is 359. The van der Waals surface area contributed by atoms with Crippen LogP contribution in [0.15, 0.2) is 0 Å². The van der Waals surface area contributed by atoms with E-state index < -0.39 is 5.97 Å². The lowest BCUT2D eigenvalue weighted by atomic mass is 10.3. The summed E-state index contributed by atoms with van der Waals surface area (Å²) >= 11 is 0. The van der Waals surface area contributed by atoms with Crippen LogP contribution < -0.4 is 11.1 Å². The fourth-order valence-electron chi connectivity index (χ4n) is 1.34. The number of ether oxygens (including phenoxy) is 1. The third-order valence-corrected chi connectivity index (χ3v) is 2.05. The highest BCUT2D eigenvalue weighted by atomic mass is 16.5. The fourth-order valence-corrected chi connectivity index (χ4v) is 1.34. The van der Waals surface area contributed by atoms with Crippen molar-refractivity contribution in [2.45, 2.75) is 19.9 Å². The van der Waals surface area contributed by atoms with Crippen molar-refractivity contribution in [3.05, 3.63) is 5.56 Å². The van der Waals surface area contributed by atoms with Gasteiger partial charge in [0.05, 0.1) is 7.11 Å². The molecule has 3 N–H and O–H groups in total. The van der Waals surface area contributed by atoms with Crippen molar-refractivity contribution in [2.24, 2.45) is 0 Å². The van der Waals surface area contributed by atoms with Gasteiger partial charge >= 0.3 is 5.97 Å². The first kappa shape index (κ1) is 11.4. The van der Waals surface area contributed by atoms with Crippen LogP contribution in [0.4, 0.5) is 11.6 Å². The number of nitrogens with zero attached hydrogens (tertiary/aromatic N) is 2. The summed E-state index contributed by atoms with van der Waals surface area (Å²) in [5, 5.41) is 6.98. The Kier molecular flexibility index (Phi) is 3.54. The van der Waals surface area contributed by atoms with Crippen LogP contribution in [-0.2, 0) is 11.3 Å². The van der Waals surface area contributed by atoms with E-state index in [0.29, 0.717) is 23.7 Å². The van der Waals surface area contributed by atoms with Gasteiger partial charge in [-0.05, 0) is 6.42 Å². The summed E-state index contributed by atoms with van der Waals surface area (Å²) in [6.45, 7) is 2.69. The molecule has 0 radical (unpaired) electrons. The van der Waals surface area contributed by atoms with Gasteiger partial charge in [0, 0.05) is 13.6 Å². The summed E-state index contributed by atoms with van der Waals surface area (Å²) in [6.07, 6.45) is 0.898. The number of carbonyl (C=O) groups is 1. The van der Waals surface area contributed by atoms with Gasteiger partial charge in [0.1, 0.15) is 11.4 Å². The third-order valence-electron chi connectivity index (χ3n) is 2.05. The number of aryl methyl sites for hydroxylation is 1. The van der Waals surface area contributed by atoms with Crippen LogP contribution >= 0.6 is 0 Å². The van der Waals surface area contributed by atoms with Crippen LogP contribution in [0.3, 0.4) is 0 Å². The molecule has 0 fully saturated rings. The molecule has 0 aliphatic carbocycles. The van der Waals surface area contributed by atoms with Gasteiger partial charge in [0.2, 0.25) is 0 Å². The lowest BCUT2D eigenvalue weighted by Gasteiger charge is -2.01. The maximum absolute atomic E-state index is 11.4. The van der Waals surface area contributed by atoms with Crippen LogP contribution in [0.25, 0.3) is 0 Å². The zero-order valence-electron chi connectivity index (χ0n) is 9.20. The Balaban J connectivity index is 3.17. The molecule has 0 aliphatic rings. The highest BCUT2D eigenvalue weighted by Gasteiger charge is 2.21. The molecule has 1 heterocycles. The van der Waals surface area contributed by atoms with Crippen molar-refractivity contribution in [3.63, 3.8) is 0 Å². The summed E-state index contributed by atoms with van der Waals surface area (Å²) in [6, 6.07) is 0. The number of nitrogen functional groups attached to an aromatic ring is 1. The number of anilines is 2. The van der Waals surface area contributed by atoms with Crippen LogP contribution in [0, 0.1) is 0 Å². The first-order chi connectivity index (χ1) is 7.15. The monoisotopic (exact) mass is 212 g/mol. The standard InChI is InChI=1S/C9H16N4O2/c1-4-5-13-7(10)6(9(14)15-3)8(11-2)12-13/h4-5,10H2,1-3H3,(H,11,12). The van der Waals surface area contributed by atoms with Crippen molar-refractivity contribution in [3.8, 4) is 0 Å². The molecule has 0 aromatic carbocycles. The van der Waals surface area contributed by atoms with E-state index in [1.54, 1.807) is 11.7 Å². The molecule has 0 saturated carbocycles. The third kappa shape index (κ3) is 2.03. The lowest BCUT2D eigenvalue weighted by Crippen LogP contribution is -2.08. The quantitative estimate of drug-likeness (QED) is 0.718. The van der Waals surface area contributed by atoms with Crippen molar-refractivity contribution in [1.82, 2.24) is 9.78 Å². The number of nitrogens with two attached hydrogens (primary N) is 1. The molecule has 1 aromatic rings. The van der Waals surface area contributed by atoms with Gasteiger partial charge in [0.25, 0.3) is 0 Å². The van der Waals surface area contributed by atoms with Crippen molar-refractivity contribution < 1.29 is 9.53 Å². The zero-order valence-corrected chi connectivity index (χ0v) is 9.20. The molecular formula is C9H16N4O2. The largest absolute Gasteiger partial charge is 0.465 e. The number of rotatable bonds is 4. The first-order valence-electron chi connectivity index (χ1n) is 4.78. The van der Waals surface area contributed by atoms with E-state index in [2.05, 4.69) is 15.2 Å². The Labute approximate surface area is 88.4 Å². The summed E-state index contributed by atoms with van der Waals surface area (Å²) in [4.78, 5) is 11.4. The molecule has 1 rings (SSSR count). The van der Waals surface area contributed by atoms with Gasteiger partial charge < -0.3 is 15.8 Å². The molecule has 6 nitrogen and oxygen atoms in total. The lowest BCUT2D eigenvalue weighted by molar-refractivity contribution is 0.0603. The maximum Gasteiger partial charge on any atom is 0.345 e. The summed E-state index contributed by atoms with van der Waals surface area (Å²) in [5.41, 5.74) is 6.10. The minimum atomic E-state index is -0.473. The summed E-state index contributed by atoms with van der Waals surface area (Å²) in [5.74, 6) is 0.319. The minimum Gasteiger partial charge on any atom is -0.465 e.